The van der Waals surface area contributed by atoms with E-state index in [1.165, 1.54) is 25.3 Å². The third-order valence-corrected chi connectivity index (χ3v) is 4.01. The average Bonchev–Trinajstić information content (AvgIpc) is 2.39. The van der Waals surface area contributed by atoms with Gasteiger partial charge in [-0.1, -0.05) is 32.8 Å². The first kappa shape index (κ1) is 13.8. The summed E-state index contributed by atoms with van der Waals surface area (Å²) in [6, 6.07) is 4.89. The number of hydrogen-bond donors (Lipinski definition) is 2. The van der Waals surface area contributed by atoms with Crippen LogP contribution in [0, 0.1) is 11.8 Å². The zero-order chi connectivity index (χ0) is 13.8. The molecule has 4 heteroatoms. The van der Waals surface area contributed by atoms with Gasteiger partial charge in [0, 0.05) is 12.1 Å². The van der Waals surface area contributed by atoms with Crippen molar-refractivity contribution in [3.05, 3.63) is 34.2 Å². The fourth-order valence-corrected chi connectivity index (χ4v) is 2.96. The number of rotatable bonds is 3. The monoisotopic (exact) mass is 262 g/mol. The minimum Gasteiger partial charge on any atom is -0.348 e. The Morgan fingerprint density at radius 2 is 2.05 bits per heavy atom. The van der Waals surface area contributed by atoms with Gasteiger partial charge in [-0.15, -0.1) is 0 Å². The standard InChI is InChI=1S/C15H22N2O2/c1-10(2)11-6-3-4-7-12(11)17-15(19)13-8-5-9-14(18)16-13/h5,8-12H,3-4,6-7H2,1-2H3,(H,16,18)(H,17,19). The van der Waals surface area contributed by atoms with Gasteiger partial charge in [-0.25, -0.2) is 0 Å². The van der Waals surface area contributed by atoms with E-state index >= 15 is 0 Å². The minimum atomic E-state index is -0.239. The van der Waals surface area contributed by atoms with Gasteiger partial charge >= 0.3 is 0 Å². The lowest BCUT2D eigenvalue weighted by molar-refractivity contribution is 0.0884. The number of amides is 1. The van der Waals surface area contributed by atoms with Gasteiger partial charge in [0.15, 0.2) is 0 Å². The van der Waals surface area contributed by atoms with Gasteiger partial charge in [-0.05, 0) is 30.7 Å². The summed E-state index contributed by atoms with van der Waals surface area (Å²) in [5.41, 5.74) is 0.109. The van der Waals surface area contributed by atoms with Crippen LogP contribution in [0.2, 0.25) is 0 Å². The normalized spacial score (nSPS) is 23.3. The number of pyridine rings is 1. The molecule has 2 unspecified atom stereocenters. The molecule has 1 aliphatic rings. The molecule has 1 saturated carbocycles. The lowest BCUT2D eigenvalue weighted by atomic mass is 9.78. The van der Waals surface area contributed by atoms with Crippen molar-refractivity contribution in [2.45, 2.75) is 45.6 Å². The van der Waals surface area contributed by atoms with Crippen molar-refractivity contribution in [2.75, 3.05) is 0 Å². The Bertz CT molecular complexity index is 493. The number of hydrogen-bond acceptors (Lipinski definition) is 2. The molecule has 0 saturated heterocycles. The highest BCUT2D eigenvalue weighted by Gasteiger charge is 2.28. The molecular formula is C15H22N2O2. The van der Waals surface area contributed by atoms with Gasteiger partial charge in [0.05, 0.1) is 0 Å². The van der Waals surface area contributed by atoms with E-state index < -0.39 is 0 Å². The maximum Gasteiger partial charge on any atom is 0.268 e. The van der Waals surface area contributed by atoms with Crippen molar-refractivity contribution in [1.29, 1.82) is 0 Å². The van der Waals surface area contributed by atoms with E-state index in [4.69, 9.17) is 0 Å². The maximum atomic E-state index is 12.2. The van der Waals surface area contributed by atoms with Gasteiger partial charge in [-0.3, -0.25) is 9.59 Å². The Morgan fingerprint density at radius 1 is 1.32 bits per heavy atom. The van der Waals surface area contributed by atoms with Gasteiger partial charge in [0.1, 0.15) is 5.69 Å². The molecule has 0 bridgehead atoms. The van der Waals surface area contributed by atoms with Gasteiger partial charge < -0.3 is 10.3 Å². The molecule has 4 nitrogen and oxygen atoms in total. The number of carbonyl (C=O) groups is 1. The van der Waals surface area contributed by atoms with Crippen molar-refractivity contribution in [2.24, 2.45) is 11.8 Å². The molecule has 104 valence electrons. The second kappa shape index (κ2) is 6.04. The van der Waals surface area contributed by atoms with Gasteiger partial charge in [0.25, 0.3) is 5.91 Å². The Kier molecular flexibility index (Phi) is 4.40. The molecule has 0 aromatic carbocycles. The summed E-state index contributed by atoms with van der Waals surface area (Å²) >= 11 is 0. The summed E-state index contributed by atoms with van der Waals surface area (Å²) < 4.78 is 0. The number of aromatic amines is 1. The number of aromatic nitrogens is 1. The number of H-pyrrole nitrogens is 1. The highest BCUT2D eigenvalue weighted by atomic mass is 16.2. The highest BCUT2D eigenvalue weighted by molar-refractivity contribution is 5.92. The van der Waals surface area contributed by atoms with E-state index in [0.29, 0.717) is 17.5 Å². The van der Waals surface area contributed by atoms with Crippen LogP contribution >= 0.6 is 0 Å². The predicted molar refractivity (Wildman–Crippen MR) is 75.1 cm³/mol. The van der Waals surface area contributed by atoms with Crippen molar-refractivity contribution in [1.82, 2.24) is 10.3 Å². The first-order valence-electron chi connectivity index (χ1n) is 7.08. The largest absolute Gasteiger partial charge is 0.348 e. The molecule has 1 fully saturated rings. The SMILES string of the molecule is CC(C)C1CCCCC1NC(=O)c1cccc(=O)[nH]1. The second-order valence-electron chi connectivity index (χ2n) is 5.70. The summed E-state index contributed by atoms with van der Waals surface area (Å²) in [5, 5.41) is 3.08. The molecule has 2 atom stereocenters. The predicted octanol–water partition coefficient (Wildman–Crippen LogP) is 2.32. The van der Waals surface area contributed by atoms with E-state index in [1.54, 1.807) is 12.1 Å². The smallest absolute Gasteiger partial charge is 0.268 e. The topological polar surface area (TPSA) is 62.0 Å². The first-order valence-corrected chi connectivity index (χ1v) is 7.08. The van der Waals surface area contributed by atoms with Crippen LogP contribution < -0.4 is 10.9 Å². The van der Waals surface area contributed by atoms with Crippen LogP contribution in [0.4, 0.5) is 0 Å². The molecule has 1 aromatic rings. The lowest BCUT2D eigenvalue weighted by Gasteiger charge is -2.34. The number of nitrogens with one attached hydrogen (secondary N) is 2. The molecule has 1 amide bonds. The summed E-state index contributed by atoms with van der Waals surface area (Å²) in [4.78, 5) is 25.9. The minimum absolute atomic E-state index is 0.171. The molecule has 0 aliphatic heterocycles. The zero-order valence-electron chi connectivity index (χ0n) is 11.6. The Hall–Kier alpha value is -1.58. The molecule has 2 N–H and O–H groups in total. The van der Waals surface area contributed by atoms with Crippen molar-refractivity contribution in [3.63, 3.8) is 0 Å². The summed E-state index contributed by atoms with van der Waals surface area (Å²) in [5.74, 6) is 0.934. The van der Waals surface area contributed by atoms with Gasteiger partial charge in [0.2, 0.25) is 5.56 Å². The summed E-state index contributed by atoms with van der Waals surface area (Å²) in [6.45, 7) is 4.42. The van der Waals surface area contributed by atoms with Crippen LogP contribution in [0.3, 0.4) is 0 Å². The zero-order valence-corrected chi connectivity index (χ0v) is 11.6. The third kappa shape index (κ3) is 3.46. The van der Waals surface area contributed by atoms with Crippen LogP contribution in [-0.4, -0.2) is 16.9 Å². The van der Waals surface area contributed by atoms with E-state index in [9.17, 15) is 9.59 Å². The van der Waals surface area contributed by atoms with E-state index in [2.05, 4.69) is 24.1 Å². The third-order valence-electron chi connectivity index (χ3n) is 4.01. The Balaban J connectivity index is 2.07. The fourth-order valence-electron chi connectivity index (χ4n) is 2.96. The first-order chi connectivity index (χ1) is 9.08. The van der Waals surface area contributed by atoms with Crippen LogP contribution in [0.5, 0.6) is 0 Å². The summed E-state index contributed by atoms with van der Waals surface area (Å²) in [6.07, 6.45) is 4.62. The molecule has 1 aliphatic carbocycles. The van der Waals surface area contributed by atoms with E-state index in [0.717, 1.165) is 6.42 Å². The molecule has 1 aromatic heterocycles. The van der Waals surface area contributed by atoms with Crippen molar-refractivity contribution < 1.29 is 4.79 Å². The van der Waals surface area contributed by atoms with Gasteiger partial charge in [-0.2, -0.15) is 0 Å². The van der Waals surface area contributed by atoms with Crippen LogP contribution in [-0.2, 0) is 0 Å². The van der Waals surface area contributed by atoms with Crippen molar-refractivity contribution in [3.8, 4) is 0 Å². The van der Waals surface area contributed by atoms with Crippen LogP contribution in [0.15, 0.2) is 23.0 Å². The molecular weight excluding hydrogens is 240 g/mol. The quantitative estimate of drug-likeness (QED) is 0.878. The molecule has 2 rings (SSSR count). The average molecular weight is 262 g/mol. The molecule has 0 radical (unpaired) electrons. The summed E-state index contributed by atoms with van der Waals surface area (Å²) in [7, 11) is 0. The maximum absolute atomic E-state index is 12.2. The van der Waals surface area contributed by atoms with Crippen LogP contribution in [0.1, 0.15) is 50.0 Å². The van der Waals surface area contributed by atoms with E-state index in [-0.39, 0.29) is 17.5 Å². The molecule has 1 heterocycles. The van der Waals surface area contributed by atoms with Crippen LogP contribution in [0.25, 0.3) is 0 Å². The van der Waals surface area contributed by atoms with E-state index in [1.807, 2.05) is 0 Å². The lowest BCUT2D eigenvalue weighted by Crippen LogP contribution is -2.44. The Labute approximate surface area is 113 Å². The highest BCUT2D eigenvalue weighted by Crippen LogP contribution is 2.30. The Morgan fingerprint density at radius 3 is 2.74 bits per heavy atom. The fraction of sp³-hybridized carbons (Fsp3) is 0.600. The second-order valence-corrected chi connectivity index (χ2v) is 5.70. The molecule has 0 spiro atoms. The number of carbonyl (C=O) groups excluding carboxylic acids is 1. The van der Waals surface area contributed by atoms with Crippen molar-refractivity contribution >= 4 is 5.91 Å². The molecule has 19 heavy (non-hydrogen) atoms.